The summed E-state index contributed by atoms with van der Waals surface area (Å²) >= 11 is 1.05. The average Bonchev–Trinajstić information content (AvgIpc) is 3.19. The lowest BCUT2D eigenvalue weighted by atomic mass is 10.2. The van der Waals surface area contributed by atoms with Crippen molar-refractivity contribution in [3.8, 4) is 5.69 Å². The number of aryl methyl sites for hydroxylation is 2. The fourth-order valence-corrected chi connectivity index (χ4v) is 3.51. The number of benzene rings is 1. The molecule has 3 rings (SSSR count). The van der Waals surface area contributed by atoms with Gasteiger partial charge in [-0.05, 0) is 39.8 Å². The monoisotopic (exact) mass is 385 g/mol. The second-order valence-corrected chi connectivity index (χ2v) is 7.27. The minimum absolute atomic E-state index is 0.174. The highest BCUT2D eigenvalue weighted by Crippen LogP contribution is 2.24. The maximum atomic E-state index is 12.6. The van der Waals surface area contributed by atoms with E-state index in [0.717, 1.165) is 22.6 Å². The molecule has 0 radical (unpaired) electrons. The minimum atomic E-state index is -1.02. The summed E-state index contributed by atoms with van der Waals surface area (Å²) in [5.74, 6) is -1.41. The molecule has 1 amide bonds. The number of carbonyl (C=O) groups is 2. The Kier molecular flexibility index (Phi) is 5.04. The number of aromatic nitrogens is 4. The fraction of sp³-hybridized carbons (Fsp3) is 0.278. The standard InChI is InChI=1S/C18H19N5O3S/c1-9-5-7-13(8-6-9)23-12(4)14(21-22-23)16(24)19-11(3)17-20-10(2)15(27-17)18(25)26/h5-8,11H,1-4H3,(H,19,24)(H,25,26). The van der Waals surface area contributed by atoms with Crippen LogP contribution in [-0.2, 0) is 0 Å². The minimum Gasteiger partial charge on any atom is -0.477 e. The highest BCUT2D eigenvalue weighted by Gasteiger charge is 2.22. The zero-order valence-electron chi connectivity index (χ0n) is 15.3. The second-order valence-electron chi connectivity index (χ2n) is 6.24. The van der Waals surface area contributed by atoms with Gasteiger partial charge in [0.05, 0.1) is 23.1 Å². The molecule has 0 aliphatic rings. The number of nitrogens with one attached hydrogen (secondary N) is 1. The van der Waals surface area contributed by atoms with E-state index in [9.17, 15) is 9.59 Å². The Morgan fingerprint density at radius 1 is 1.19 bits per heavy atom. The van der Waals surface area contributed by atoms with Gasteiger partial charge in [-0.25, -0.2) is 14.5 Å². The maximum Gasteiger partial charge on any atom is 0.347 e. The van der Waals surface area contributed by atoms with Crippen molar-refractivity contribution in [2.24, 2.45) is 0 Å². The number of amides is 1. The molecule has 140 valence electrons. The van der Waals surface area contributed by atoms with E-state index in [2.05, 4.69) is 20.6 Å². The first kappa shape index (κ1) is 18.7. The summed E-state index contributed by atoms with van der Waals surface area (Å²) in [6.07, 6.45) is 0. The number of aromatic carboxylic acids is 1. The summed E-state index contributed by atoms with van der Waals surface area (Å²) in [5, 5.41) is 20.6. The van der Waals surface area contributed by atoms with Gasteiger partial charge in [-0.15, -0.1) is 16.4 Å². The van der Waals surface area contributed by atoms with Gasteiger partial charge in [-0.2, -0.15) is 0 Å². The molecule has 0 saturated heterocycles. The van der Waals surface area contributed by atoms with Gasteiger partial charge in [-0.3, -0.25) is 4.79 Å². The van der Waals surface area contributed by atoms with Crippen LogP contribution in [0.3, 0.4) is 0 Å². The van der Waals surface area contributed by atoms with Crippen molar-refractivity contribution < 1.29 is 14.7 Å². The quantitative estimate of drug-likeness (QED) is 0.699. The summed E-state index contributed by atoms with van der Waals surface area (Å²) in [5.41, 5.74) is 3.21. The van der Waals surface area contributed by atoms with E-state index < -0.39 is 12.0 Å². The normalized spacial score (nSPS) is 12.0. The largest absolute Gasteiger partial charge is 0.477 e. The van der Waals surface area contributed by atoms with Gasteiger partial charge in [0.25, 0.3) is 5.91 Å². The van der Waals surface area contributed by atoms with E-state index in [4.69, 9.17) is 5.11 Å². The molecule has 8 nitrogen and oxygen atoms in total. The molecule has 9 heteroatoms. The van der Waals surface area contributed by atoms with Crippen molar-refractivity contribution in [3.05, 3.63) is 56.8 Å². The van der Waals surface area contributed by atoms with Gasteiger partial charge in [0.15, 0.2) is 5.69 Å². The lowest BCUT2D eigenvalue weighted by Gasteiger charge is -2.10. The van der Waals surface area contributed by atoms with E-state index in [1.54, 1.807) is 25.5 Å². The molecule has 1 aromatic carbocycles. The lowest BCUT2D eigenvalue weighted by Crippen LogP contribution is -2.27. The zero-order valence-corrected chi connectivity index (χ0v) is 16.2. The molecule has 0 bridgehead atoms. The van der Waals surface area contributed by atoms with Gasteiger partial charge in [-0.1, -0.05) is 22.9 Å². The first-order valence-electron chi connectivity index (χ1n) is 8.28. The number of hydrogen-bond acceptors (Lipinski definition) is 6. The number of carbonyl (C=O) groups excluding carboxylic acids is 1. The Morgan fingerprint density at radius 2 is 1.85 bits per heavy atom. The number of carboxylic acid groups (broad SMARTS) is 1. The first-order chi connectivity index (χ1) is 12.8. The number of carboxylic acids is 1. The van der Waals surface area contributed by atoms with Crippen molar-refractivity contribution in [1.29, 1.82) is 0 Å². The van der Waals surface area contributed by atoms with E-state index in [0.29, 0.717) is 16.4 Å². The first-order valence-corrected chi connectivity index (χ1v) is 9.10. The van der Waals surface area contributed by atoms with Crippen LogP contribution < -0.4 is 5.32 Å². The fourth-order valence-electron chi connectivity index (χ4n) is 2.60. The smallest absolute Gasteiger partial charge is 0.347 e. The molecule has 0 aliphatic carbocycles. The van der Waals surface area contributed by atoms with E-state index in [1.807, 2.05) is 31.2 Å². The van der Waals surface area contributed by atoms with Crippen LogP contribution in [-0.4, -0.2) is 37.0 Å². The van der Waals surface area contributed by atoms with E-state index >= 15 is 0 Å². The molecule has 1 atom stereocenters. The molecule has 0 aliphatic heterocycles. The molecule has 3 aromatic rings. The van der Waals surface area contributed by atoms with Crippen LogP contribution in [0.1, 0.15) is 55.1 Å². The number of thiazole rings is 1. The third-order valence-corrected chi connectivity index (χ3v) is 5.44. The van der Waals surface area contributed by atoms with E-state index in [1.165, 1.54) is 0 Å². The predicted molar refractivity (Wildman–Crippen MR) is 101 cm³/mol. The topological polar surface area (TPSA) is 110 Å². The van der Waals surface area contributed by atoms with Crippen LogP contribution in [0, 0.1) is 20.8 Å². The summed E-state index contributed by atoms with van der Waals surface area (Å²) < 4.78 is 1.61. The second kappa shape index (κ2) is 7.28. The summed E-state index contributed by atoms with van der Waals surface area (Å²) in [4.78, 5) is 28.2. The molecule has 2 heterocycles. The predicted octanol–water partition coefficient (Wildman–Crippen LogP) is 2.84. The maximum absolute atomic E-state index is 12.6. The average molecular weight is 385 g/mol. The lowest BCUT2D eigenvalue weighted by molar-refractivity contribution is 0.0700. The van der Waals surface area contributed by atoms with Crippen molar-refractivity contribution >= 4 is 23.2 Å². The van der Waals surface area contributed by atoms with Gasteiger partial charge >= 0.3 is 5.97 Å². The van der Waals surface area contributed by atoms with Crippen LogP contribution >= 0.6 is 11.3 Å². The van der Waals surface area contributed by atoms with Crippen LogP contribution in [0.2, 0.25) is 0 Å². The van der Waals surface area contributed by atoms with Gasteiger partial charge in [0, 0.05) is 0 Å². The van der Waals surface area contributed by atoms with Crippen molar-refractivity contribution in [2.75, 3.05) is 0 Å². The summed E-state index contributed by atoms with van der Waals surface area (Å²) in [6, 6.07) is 7.30. The Balaban J connectivity index is 1.79. The number of hydrogen-bond donors (Lipinski definition) is 2. The summed E-state index contributed by atoms with van der Waals surface area (Å²) in [6.45, 7) is 7.15. The molecule has 0 saturated carbocycles. The van der Waals surface area contributed by atoms with Crippen LogP contribution in [0.4, 0.5) is 0 Å². The van der Waals surface area contributed by atoms with Gasteiger partial charge in [0.1, 0.15) is 9.88 Å². The Morgan fingerprint density at radius 3 is 2.44 bits per heavy atom. The zero-order chi connectivity index (χ0) is 19.7. The van der Waals surface area contributed by atoms with Crippen LogP contribution in [0.5, 0.6) is 0 Å². The van der Waals surface area contributed by atoms with Crippen LogP contribution in [0.25, 0.3) is 5.69 Å². The Labute approximate surface area is 159 Å². The molecule has 1 unspecified atom stereocenters. The SMILES string of the molecule is Cc1ccc(-n2nnc(C(=O)NC(C)c3nc(C)c(C(=O)O)s3)c2C)cc1. The van der Waals surface area contributed by atoms with Crippen molar-refractivity contribution in [3.63, 3.8) is 0 Å². The Hall–Kier alpha value is -3.07. The molecule has 27 heavy (non-hydrogen) atoms. The van der Waals surface area contributed by atoms with Crippen LogP contribution in [0.15, 0.2) is 24.3 Å². The number of rotatable bonds is 5. The molecule has 2 aromatic heterocycles. The Bertz CT molecular complexity index is 1010. The molecule has 0 fully saturated rings. The highest BCUT2D eigenvalue weighted by atomic mass is 32.1. The van der Waals surface area contributed by atoms with Crippen molar-refractivity contribution in [1.82, 2.24) is 25.3 Å². The molecule has 0 spiro atoms. The molecule has 2 N–H and O–H groups in total. The molecular weight excluding hydrogens is 366 g/mol. The third-order valence-electron chi connectivity index (χ3n) is 4.11. The number of nitrogens with zero attached hydrogens (tertiary/aromatic N) is 4. The summed E-state index contributed by atoms with van der Waals surface area (Å²) in [7, 11) is 0. The van der Waals surface area contributed by atoms with Crippen molar-refractivity contribution in [2.45, 2.75) is 33.7 Å². The van der Waals surface area contributed by atoms with Gasteiger partial charge < -0.3 is 10.4 Å². The van der Waals surface area contributed by atoms with Gasteiger partial charge in [0.2, 0.25) is 0 Å². The molecular formula is C18H19N5O3S. The highest BCUT2D eigenvalue weighted by molar-refractivity contribution is 7.13. The van der Waals surface area contributed by atoms with E-state index in [-0.39, 0.29) is 16.5 Å². The third kappa shape index (κ3) is 3.72.